The molecule has 0 saturated carbocycles. The number of anilines is 1. The number of carbonyl (C=O) groups excluding carboxylic acids is 2. The van der Waals surface area contributed by atoms with Gasteiger partial charge in [0.15, 0.2) is 11.6 Å². The summed E-state index contributed by atoms with van der Waals surface area (Å²) in [6.45, 7) is 0. The van der Waals surface area contributed by atoms with Crippen LogP contribution in [0.3, 0.4) is 0 Å². The Morgan fingerprint density at radius 1 is 0.875 bits per heavy atom. The number of ketones is 1. The number of Topliss-reactive ketones (excluding diaryl/α,β-unsaturated/α-hetero) is 1. The molecule has 1 saturated heterocycles. The lowest BCUT2D eigenvalue weighted by atomic mass is 9.98. The van der Waals surface area contributed by atoms with Crippen LogP contribution in [0.4, 0.5) is 14.5 Å². The number of rotatable bonds is 3. The highest BCUT2D eigenvalue weighted by atomic mass is 32.1. The largest absolute Gasteiger partial charge is 0.507 e. The zero-order valence-corrected chi connectivity index (χ0v) is 17.3. The molecular weight excluding hydrogens is 432 g/mol. The van der Waals surface area contributed by atoms with Gasteiger partial charge in [-0.1, -0.05) is 42.5 Å². The predicted molar refractivity (Wildman–Crippen MR) is 119 cm³/mol. The Kier molecular flexibility index (Phi) is 4.83. The number of halogens is 2. The van der Waals surface area contributed by atoms with Crippen molar-refractivity contribution in [3.05, 3.63) is 106 Å². The smallest absolute Gasteiger partial charge is 0.300 e. The first-order chi connectivity index (χ1) is 15.5. The van der Waals surface area contributed by atoms with Gasteiger partial charge in [0, 0.05) is 22.2 Å². The van der Waals surface area contributed by atoms with E-state index in [4.69, 9.17) is 0 Å². The summed E-state index contributed by atoms with van der Waals surface area (Å²) in [6.07, 6.45) is 0. The minimum Gasteiger partial charge on any atom is -0.507 e. The van der Waals surface area contributed by atoms with Crippen molar-refractivity contribution in [2.75, 3.05) is 4.90 Å². The van der Waals surface area contributed by atoms with E-state index in [9.17, 15) is 23.5 Å². The molecule has 1 amide bonds. The molecule has 4 nitrogen and oxygen atoms in total. The van der Waals surface area contributed by atoms with Crippen LogP contribution in [-0.2, 0) is 9.59 Å². The van der Waals surface area contributed by atoms with Crippen molar-refractivity contribution in [1.29, 1.82) is 0 Å². The molecular formula is C25H15F2NO3S. The van der Waals surface area contributed by atoms with E-state index in [1.165, 1.54) is 17.4 Å². The second-order valence-electron chi connectivity index (χ2n) is 7.34. The second kappa shape index (κ2) is 7.69. The number of fused-ring (bicyclic) bond motifs is 1. The van der Waals surface area contributed by atoms with E-state index in [0.717, 1.165) is 27.8 Å². The highest BCUT2D eigenvalue weighted by molar-refractivity contribution is 7.10. The van der Waals surface area contributed by atoms with Crippen LogP contribution >= 0.6 is 11.3 Å². The lowest BCUT2D eigenvalue weighted by molar-refractivity contribution is -0.132. The number of benzene rings is 3. The van der Waals surface area contributed by atoms with Crippen molar-refractivity contribution in [2.24, 2.45) is 0 Å². The number of aliphatic hydroxyl groups is 1. The Morgan fingerprint density at radius 2 is 1.66 bits per heavy atom. The molecule has 1 aliphatic heterocycles. The van der Waals surface area contributed by atoms with Gasteiger partial charge in [0.25, 0.3) is 11.7 Å². The molecule has 5 rings (SSSR count). The number of aliphatic hydroxyl groups excluding tert-OH is 1. The van der Waals surface area contributed by atoms with Crippen LogP contribution in [0.15, 0.2) is 83.7 Å². The van der Waals surface area contributed by atoms with Crippen LogP contribution in [0, 0.1) is 11.6 Å². The molecule has 1 N–H and O–H groups in total. The predicted octanol–water partition coefficient (Wildman–Crippen LogP) is 5.81. The third-order valence-corrected chi connectivity index (χ3v) is 6.39. The van der Waals surface area contributed by atoms with Crippen LogP contribution in [0.1, 0.15) is 16.5 Å². The number of hydrogen-bond donors (Lipinski definition) is 1. The molecule has 1 aliphatic rings. The van der Waals surface area contributed by atoms with Gasteiger partial charge in [-0.15, -0.1) is 11.3 Å². The van der Waals surface area contributed by atoms with Gasteiger partial charge >= 0.3 is 0 Å². The summed E-state index contributed by atoms with van der Waals surface area (Å²) in [5.74, 6) is -4.33. The summed E-state index contributed by atoms with van der Waals surface area (Å²) in [5.41, 5.74) is 0.313. The standard InChI is InChI=1S/C25H15F2NO3S/c26-18-10-9-17(13-19(18)27)28-22(20-6-3-11-32-20)21(24(30)25(28)31)23(29)16-8-7-14-4-1-2-5-15(14)12-16/h1-13,22,29H/b23-21-. The number of amides is 1. The Balaban J connectivity index is 1.71. The maximum atomic E-state index is 13.9. The van der Waals surface area contributed by atoms with Gasteiger partial charge in [0.1, 0.15) is 11.8 Å². The van der Waals surface area contributed by atoms with Crippen LogP contribution in [0.2, 0.25) is 0 Å². The first-order valence-electron chi connectivity index (χ1n) is 9.74. The third kappa shape index (κ3) is 3.18. The average Bonchev–Trinajstić information content (AvgIpc) is 3.42. The summed E-state index contributed by atoms with van der Waals surface area (Å²) in [5, 5.41) is 14.7. The fourth-order valence-corrected chi connectivity index (χ4v) is 4.77. The highest BCUT2D eigenvalue weighted by Gasteiger charge is 2.47. The SMILES string of the molecule is O=C1C(=O)N(c2ccc(F)c(F)c2)C(c2cccs2)/C1=C(/O)c1ccc2ccccc2c1. The summed E-state index contributed by atoms with van der Waals surface area (Å²) in [7, 11) is 0. The summed E-state index contributed by atoms with van der Waals surface area (Å²) < 4.78 is 27.4. The number of hydrogen-bond acceptors (Lipinski definition) is 4. The zero-order valence-electron chi connectivity index (χ0n) is 16.5. The quantitative estimate of drug-likeness (QED) is 0.245. The van der Waals surface area contributed by atoms with Crippen LogP contribution in [0.25, 0.3) is 16.5 Å². The summed E-state index contributed by atoms with van der Waals surface area (Å²) >= 11 is 1.29. The Labute approximate surface area is 185 Å². The molecule has 3 aromatic carbocycles. The van der Waals surface area contributed by atoms with Crippen molar-refractivity contribution >= 4 is 45.2 Å². The molecule has 1 fully saturated rings. The monoisotopic (exact) mass is 447 g/mol. The highest BCUT2D eigenvalue weighted by Crippen LogP contribution is 2.43. The van der Waals surface area contributed by atoms with Gasteiger partial charge in [-0.2, -0.15) is 0 Å². The number of thiophene rings is 1. The molecule has 0 bridgehead atoms. The van der Waals surface area contributed by atoms with E-state index in [1.54, 1.807) is 29.6 Å². The number of carbonyl (C=O) groups is 2. The summed E-state index contributed by atoms with van der Waals surface area (Å²) in [4.78, 5) is 27.7. The van der Waals surface area contributed by atoms with Gasteiger partial charge in [0.05, 0.1) is 5.57 Å². The van der Waals surface area contributed by atoms with Crippen molar-refractivity contribution in [3.8, 4) is 0 Å². The Hall–Kier alpha value is -3.84. The zero-order chi connectivity index (χ0) is 22.4. The van der Waals surface area contributed by atoms with Gasteiger partial charge in [-0.25, -0.2) is 8.78 Å². The molecule has 1 unspecified atom stereocenters. The molecule has 0 radical (unpaired) electrons. The fraction of sp³-hybridized carbons (Fsp3) is 0.0400. The Morgan fingerprint density at radius 3 is 2.38 bits per heavy atom. The molecule has 1 aromatic heterocycles. The van der Waals surface area contributed by atoms with E-state index < -0.39 is 29.4 Å². The Bertz CT molecular complexity index is 1410. The van der Waals surface area contributed by atoms with Gasteiger partial charge in [-0.05, 0) is 40.4 Å². The van der Waals surface area contributed by atoms with E-state index in [-0.39, 0.29) is 17.0 Å². The topological polar surface area (TPSA) is 57.6 Å². The molecule has 158 valence electrons. The third-order valence-electron chi connectivity index (χ3n) is 5.46. The van der Waals surface area contributed by atoms with Crippen LogP contribution < -0.4 is 4.90 Å². The van der Waals surface area contributed by atoms with E-state index in [1.807, 2.05) is 30.3 Å². The van der Waals surface area contributed by atoms with E-state index in [0.29, 0.717) is 10.4 Å². The molecule has 0 spiro atoms. The van der Waals surface area contributed by atoms with Gasteiger partial charge < -0.3 is 5.11 Å². The van der Waals surface area contributed by atoms with Gasteiger partial charge in [-0.3, -0.25) is 14.5 Å². The fourth-order valence-electron chi connectivity index (χ4n) is 3.94. The first kappa shape index (κ1) is 20.1. The molecule has 2 heterocycles. The second-order valence-corrected chi connectivity index (χ2v) is 8.32. The molecule has 32 heavy (non-hydrogen) atoms. The van der Waals surface area contributed by atoms with Gasteiger partial charge in [0.2, 0.25) is 0 Å². The van der Waals surface area contributed by atoms with Crippen molar-refractivity contribution < 1.29 is 23.5 Å². The van der Waals surface area contributed by atoms with E-state index in [2.05, 4.69) is 0 Å². The van der Waals surface area contributed by atoms with Crippen molar-refractivity contribution in [2.45, 2.75) is 6.04 Å². The van der Waals surface area contributed by atoms with Crippen LogP contribution in [-0.4, -0.2) is 16.8 Å². The lowest BCUT2D eigenvalue weighted by Gasteiger charge is -2.24. The normalized spacial score (nSPS) is 17.9. The maximum Gasteiger partial charge on any atom is 0.300 e. The average molecular weight is 447 g/mol. The summed E-state index contributed by atoms with van der Waals surface area (Å²) in [6, 6.07) is 18.3. The minimum absolute atomic E-state index is 0.0296. The minimum atomic E-state index is -1.14. The molecule has 7 heteroatoms. The number of nitrogens with zero attached hydrogens (tertiary/aromatic N) is 1. The van der Waals surface area contributed by atoms with Crippen molar-refractivity contribution in [1.82, 2.24) is 0 Å². The first-order valence-corrected chi connectivity index (χ1v) is 10.6. The molecule has 4 aromatic rings. The van der Waals surface area contributed by atoms with Crippen molar-refractivity contribution in [3.63, 3.8) is 0 Å². The molecule has 1 atom stereocenters. The molecule has 0 aliphatic carbocycles. The maximum absolute atomic E-state index is 13.9. The van der Waals surface area contributed by atoms with Crippen LogP contribution in [0.5, 0.6) is 0 Å². The van der Waals surface area contributed by atoms with E-state index >= 15 is 0 Å². The lowest BCUT2D eigenvalue weighted by Crippen LogP contribution is -2.29.